The number of halogens is 1. The van der Waals surface area contributed by atoms with E-state index in [9.17, 15) is 9.18 Å². The molecule has 2 heterocycles. The van der Waals surface area contributed by atoms with Gasteiger partial charge in [0.15, 0.2) is 0 Å². The van der Waals surface area contributed by atoms with E-state index in [1.165, 1.54) is 23.3 Å². The van der Waals surface area contributed by atoms with Crippen LogP contribution in [0.5, 0.6) is 11.5 Å². The Labute approximate surface area is 174 Å². The van der Waals surface area contributed by atoms with E-state index in [0.29, 0.717) is 17.2 Å². The number of carbonyl (C=O) groups excluding carboxylic acids is 1. The zero-order valence-corrected chi connectivity index (χ0v) is 16.9. The van der Waals surface area contributed by atoms with Gasteiger partial charge in [0.1, 0.15) is 23.1 Å². The maximum atomic E-state index is 13.0. The van der Waals surface area contributed by atoms with Crippen molar-refractivity contribution in [2.24, 2.45) is 0 Å². The lowest BCUT2D eigenvalue weighted by atomic mass is 10.1. The molecule has 2 aromatic carbocycles. The average molecular weight is 400 g/mol. The number of carbonyl (C=O) groups is 1. The van der Waals surface area contributed by atoms with Gasteiger partial charge in [-0.3, -0.25) is 14.8 Å². The number of nitrogens with zero attached hydrogens (tertiary/aromatic N) is 2. The van der Waals surface area contributed by atoms with E-state index in [-0.39, 0.29) is 24.4 Å². The molecule has 0 fully saturated rings. The number of ketones is 1. The molecule has 2 aromatic heterocycles. The van der Waals surface area contributed by atoms with E-state index in [2.05, 4.69) is 29.9 Å². The SMILES string of the molecule is Cc1cc2nccc(Oc3ccc(CC(=O)Cc4ccc(F)cc4)nc3)c2cc1C. The first-order valence-electron chi connectivity index (χ1n) is 9.73. The topological polar surface area (TPSA) is 52.1 Å². The van der Waals surface area contributed by atoms with E-state index in [0.717, 1.165) is 16.5 Å². The second-order valence-corrected chi connectivity index (χ2v) is 7.37. The van der Waals surface area contributed by atoms with Gasteiger partial charge in [-0.25, -0.2) is 4.39 Å². The van der Waals surface area contributed by atoms with E-state index in [1.807, 2.05) is 12.1 Å². The van der Waals surface area contributed by atoms with Crippen molar-refractivity contribution in [2.45, 2.75) is 26.7 Å². The second kappa shape index (κ2) is 8.41. The Morgan fingerprint density at radius 3 is 2.43 bits per heavy atom. The van der Waals surface area contributed by atoms with Crippen LogP contribution in [0.4, 0.5) is 4.39 Å². The van der Waals surface area contributed by atoms with Gasteiger partial charge in [0, 0.05) is 30.1 Å². The first-order valence-corrected chi connectivity index (χ1v) is 9.73. The first-order chi connectivity index (χ1) is 14.5. The first kappa shape index (κ1) is 19.7. The van der Waals surface area contributed by atoms with Gasteiger partial charge >= 0.3 is 0 Å². The number of rotatable bonds is 6. The molecule has 0 saturated carbocycles. The van der Waals surface area contributed by atoms with Gasteiger partial charge in [0.25, 0.3) is 0 Å². The van der Waals surface area contributed by atoms with Crippen molar-refractivity contribution in [2.75, 3.05) is 0 Å². The molecule has 0 amide bonds. The van der Waals surface area contributed by atoms with Gasteiger partial charge < -0.3 is 4.74 Å². The lowest BCUT2D eigenvalue weighted by Crippen LogP contribution is -2.07. The molecule has 0 aliphatic carbocycles. The molecule has 0 spiro atoms. The highest BCUT2D eigenvalue weighted by Crippen LogP contribution is 2.30. The summed E-state index contributed by atoms with van der Waals surface area (Å²) in [5.41, 5.74) is 4.69. The summed E-state index contributed by atoms with van der Waals surface area (Å²) in [5.74, 6) is 1.02. The van der Waals surface area contributed by atoms with E-state index < -0.39 is 0 Å². The number of benzene rings is 2. The summed E-state index contributed by atoms with van der Waals surface area (Å²) in [5, 5.41) is 0.944. The van der Waals surface area contributed by atoms with Gasteiger partial charge in [0.2, 0.25) is 0 Å². The minimum Gasteiger partial charge on any atom is -0.455 e. The highest BCUT2D eigenvalue weighted by atomic mass is 19.1. The Morgan fingerprint density at radius 2 is 1.70 bits per heavy atom. The van der Waals surface area contributed by atoms with Crippen LogP contribution in [0.2, 0.25) is 0 Å². The number of Topliss-reactive ketones (excluding diaryl/α,β-unsaturated/α-hetero) is 1. The molecule has 0 N–H and O–H groups in total. The smallest absolute Gasteiger partial charge is 0.145 e. The maximum absolute atomic E-state index is 13.0. The molecule has 0 aliphatic rings. The van der Waals surface area contributed by atoms with Gasteiger partial charge in [-0.15, -0.1) is 0 Å². The average Bonchev–Trinajstić information content (AvgIpc) is 2.72. The highest BCUT2D eigenvalue weighted by molar-refractivity contribution is 5.86. The predicted molar refractivity (Wildman–Crippen MR) is 114 cm³/mol. The second-order valence-electron chi connectivity index (χ2n) is 7.37. The standard InChI is InChI=1S/C25H21FN2O2/c1-16-11-23-24(12-17(16)2)27-10-9-25(23)30-22-8-7-20(28-15-22)14-21(29)13-18-3-5-19(26)6-4-18/h3-12,15H,13-14H2,1-2H3. The molecule has 0 unspecified atom stereocenters. The summed E-state index contributed by atoms with van der Waals surface area (Å²) in [6.07, 6.45) is 3.81. The molecule has 0 radical (unpaired) electrons. The van der Waals surface area contributed by atoms with Crippen molar-refractivity contribution >= 4 is 16.7 Å². The lowest BCUT2D eigenvalue weighted by Gasteiger charge is -2.10. The Bertz CT molecular complexity index is 1200. The number of ether oxygens (including phenoxy) is 1. The van der Waals surface area contributed by atoms with Crippen LogP contribution < -0.4 is 4.74 Å². The fraction of sp³-hybridized carbons (Fsp3) is 0.160. The Kier molecular flexibility index (Phi) is 5.53. The van der Waals surface area contributed by atoms with Gasteiger partial charge in [-0.05, 0) is 73.0 Å². The van der Waals surface area contributed by atoms with Crippen LogP contribution in [0.3, 0.4) is 0 Å². The Morgan fingerprint density at radius 1 is 0.933 bits per heavy atom. The summed E-state index contributed by atoms with van der Waals surface area (Å²) in [6.45, 7) is 4.12. The van der Waals surface area contributed by atoms with Crippen molar-refractivity contribution in [1.82, 2.24) is 9.97 Å². The monoisotopic (exact) mass is 400 g/mol. The normalized spacial score (nSPS) is 10.9. The molecule has 0 aliphatic heterocycles. The quantitative estimate of drug-likeness (QED) is 0.427. The summed E-state index contributed by atoms with van der Waals surface area (Å²) in [6, 6.07) is 15.5. The summed E-state index contributed by atoms with van der Waals surface area (Å²) < 4.78 is 19.0. The zero-order valence-electron chi connectivity index (χ0n) is 16.9. The summed E-state index contributed by atoms with van der Waals surface area (Å²) in [4.78, 5) is 21.1. The van der Waals surface area contributed by atoms with E-state index in [4.69, 9.17) is 4.74 Å². The van der Waals surface area contributed by atoms with Crippen LogP contribution in [0.25, 0.3) is 10.9 Å². The van der Waals surface area contributed by atoms with Gasteiger partial charge in [-0.1, -0.05) is 12.1 Å². The Balaban J connectivity index is 1.45. The van der Waals surface area contributed by atoms with Crippen LogP contribution in [0.15, 0.2) is 67.0 Å². The minimum atomic E-state index is -0.310. The molecule has 30 heavy (non-hydrogen) atoms. The van der Waals surface area contributed by atoms with Crippen LogP contribution in [-0.2, 0) is 17.6 Å². The lowest BCUT2D eigenvalue weighted by molar-refractivity contribution is -0.117. The maximum Gasteiger partial charge on any atom is 0.145 e. The van der Waals surface area contributed by atoms with Crippen molar-refractivity contribution in [3.63, 3.8) is 0 Å². The van der Waals surface area contributed by atoms with Crippen LogP contribution in [0.1, 0.15) is 22.4 Å². The minimum absolute atomic E-state index is 0.0220. The molecule has 0 atom stereocenters. The van der Waals surface area contributed by atoms with Crippen molar-refractivity contribution in [3.05, 3.63) is 95.2 Å². The summed E-state index contributed by atoms with van der Waals surface area (Å²) in [7, 11) is 0. The number of pyridine rings is 2. The molecule has 150 valence electrons. The van der Waals surface area contributed by atoms with Crippen LogP contribution in [0, 0.1) is 19.7 Å². The molecule has 4 aromatic rings. The van der Waals surface area contributed by atoms with Gasteiger partial charge in [0.05, 0.1) is 11.7 Å². The van der Waals surface area contributed by atoms with Crippen LogP contribution in [-0.4, -0.2) is 15.8 Å². The number of fused-ring (bicyclic) bond motifs is 1. The molecule has 4 rings (SSSR count). The fourth-order valence-corrected chi connectivity index (χ4v) is 3.27. The molecular weight excluding hydrogens is 379 g/mol. The third-order valence-electron chi connectivity index (χ3n) is 5.04. The van der Waals surface area contributed by atoms with E-state index in [1.54, 1.807) is 36.7 Å². The number of hydrogen-bond donors (Lipinski definition) is 0. The van der Waals surface area contributed by atoms with Crippen molar-refractivity contribution in [1.29, 1.82) is 0 Å². The molecule has 0 saturated heterocycles. The third-order valence-corrected chi connectivity index (χ3v) is 5.04. The van der Waals surface area contributed by atoms with Gasteiger partial charge in [-0.2, -0.15) is 0 Å². The molecular formula is C25H21FN2O2. The van der Waals surface area contributed by atoms with E-state index >= 15 is 0 Å². The van der Waals surface area contributed by atoms with Crippen LogP contribution >= 0.6 is 0 Å². The Hall–Kier alpha value is -3.60. The van der Waals surface area contributed by atoms with Crippen molar-refractivity contribution < 1.29 is 13.9 Å². The number of aryl methyl sites for hydroxylation is 2. The number of aromatic nitrogens is 2. The fourth-order valence-electron chi connectivity index (χ4n) is 3.27. The zero-order chi connectivity index (χ0) is 21.1. The molecule has 5 heteroatoms. The predicted octanol–water partition coefficient (Wildman–Crippen LogP) is 5.53. The van der Waals surface area contributed by atoms with Crippen molar-refractivity contribution in [3.8, 4) is 11.5 Å². The summed E-state index contributed by atoms with van der Waals surface area (Å²) >= 11 is 0. The molecule has 4 nitrogen and oxygen atoms in total. The third kappa shape index (κ3) is 4.51. The largest absolute Gasteiger partial charge is 0.455 e. The number of hydrogen-bond acceptors (Lipinski definition) is 4. The highest BCUT2D eigenvalue weighted by Gasteiger charge is 2.09. The molecule has 0 bridgehead atoms.